The summed E-state index contributed by atoms with van der Waals surface area (Å²) in [5.74, 6) is -0.651. The van der Waals surface area contributed by atoms with Crippen molar-refractivity contribution in [2.24, 2.45) is 0 Å². The van der Waals surface area contributed by atoms with Gasteiger partial charge in [-0.15, -0.1) is 0 Å². The van der Waals surface area contributed by atoms with Crippen LogP contribution >= 0.6 is 0 Å². The fourth-order valence-electron chi connectivity index (χ4n) is 3.29. The minimum atomic E-state index is -0.855. The van der Waals surface area contributed by atoms with Crippen LogP contribution in [0.2, 0.25) is 0 Å². The number of hydrogen-bond acceptors (Lipinski definition) is 4. The Kier molecular flexibility index (Phi) is 6.40. The van der Waals surface area contributed by atoms with E-state index in [0.29, 0.717) is 18.5 Å². The zero-order valence-corrected chi connectivity index (χ0v) is 16.2. The van der Waals surface area contributed by atoms with E-state index in [9.17, 15) is 14.4 Å². The van der Waals surface area contributed by atoms with Gasteiger partial charge < -0.3 is 14.5 Å². The highest BCUT2D eigenvalue weighted by atomic mass is 16.5. The third-order valence-corrected chi connectivity index (χ3v) is 4.49. The van der Waals surface area contributed by atoms with Crippen LogP contribution in [0.3, 0.4) is 0 Å². The van der Waals surface area contributed by atoms with Crippen molar-refractivity contribution in [2.45, 2.75) is 65.6 Å². The quantitative estimate of drug-likeness (QED) is 0.732. The molecule has 1 aromatic rings. The number of nitrogens with zero attached hydrogens (tertiary/aromatic N) is 2. The first kappa shape index (κ1) is 19.9. The van der Waals surface area contributed by atoms with E-state index < -0.39 is 12.1 Å². The lowest BCUT2D eigenvalue weighted by molar-refractivity contribution is -0.143. The minimum absolute atomic E-state index is 0.0286. The van der Waals surface area contributed by atoms with E-state index in [1.165, 1.54) is 0 Å². The Labute approximate surface area is 155 Å². The highest BCUT2D eigenvalue weighted by molar-refractivity contribution is 5.96. The average Bonchev–Trinajstić information content (AvgIpc) is 3.00. The zero-order valence-electron chi connectivity index (χ0n) is 16.2. The normalized spacial score (nSPS) is 15.5. The first-order valence-electron chi connectivity index (χ1n) is 9.16. The molecule has 2 rings (SSSR count). The van der Waals surface area contributed by atoms with E-state index in [0.717, 1.165) is 12.1 Å². The molecule has 1 heterocycles. The Balaban J connectivity index is 2.02. The van der Waals surface area contributed by atoms with Crippen LogP contribution in [0.4, 0.5) is 5.69 Å². The molecule has 0 radical (unpaired) electrons. The molecule has 1 atom stereocenters. The molecule has 0 spiro atoms. The SMILES string of the molecule is CC(C)N(C(=O)[C@@H](C)OC(=O)c1ccc(N2CCCC2=O)cc1)C(C)C. The molecule has 1 aliphatic heterocycles. The molecule has 0 aliphatic carbocycles. The summed E-state index contributed by atoms with van der Waals surface area (Å²) in [4.78, 5) is 40.1. The van der Waals surface area contributed by atoms with Gasteiger partial charge >= 0.3 is 5.97 Å². The largest absolute Gasteiger partial charge is 0.449 e. The Bertz CT molecular complexity index is 659. The van der Waals surface area contributed by atoms with Crippen LogP contribution in [0.1, 0.15) is 57.8 Å². The van der Waals surface area contributed by atoms with E-state index >= 15 is 0 Å². The second kappa shape index (κ2) is 8.34. The van der Waals surface area contributed by atoms with E-state index in [2.05, 4.69) is 0 Å². The summed E-state index contributed by atoms with van der Waals surface area (Å²) in [5.41, 5.74) is 1.14. The zero-order chi connectivity index (χ0) is 19.4. The number of benzene rings is 1. The molecular formula is C20H28N2O4. The minimum Gasteiger partial charge on any atom is -0.449 e. The van der Waals surface area contributed by atoms with Crippen LogP contribution in [0, 0.1) is 0 Å². The third kappa shape index (κ3) is 4.42. The van der Waals surface area contributed by atoms with Crippen LogP contribution in [-0.2, 0) is 14.3 Å². The van der Waals surface area contributed by atoms with Gasteiger partial charge in [-0.1, -0.05) is 0 Å². The number of rotatable bonds is 6. The third-order valence-electron chi connectivity index (χ3n) is 4.49. The number of ether oxygens (including phenoxy) is 1. The topological polar surface area (TPSA) is 66.9 Å². The Morgan fingerprint density at radius 2 is 1.62 bits per heavy atom. The van der Waals surface area contributed by atoms with Gasteiger partial charge in [0.05, 0.1) is 5.56 Å². The van der Waals surface area contributed by atoms with Crippen molar-refractivity contribution >= 4 is 23.5 Å². The van der Waals surface area contributed by atoms with Crippen LogP contribution < -0.4 is 4.90 Å². The molecule has 0 unspecified atom stereocenters. The molecule has 0 bridgehead atoms. The number of carbonyl (C=O) groups excluding carboxylic acids is 3. The van der Waals surface area contributed by atoms with Crippen molar-refractivity contribution in [1.82, 2.24) is 4.90 Å². The highest BCUT2D eigenvalue weighted by Crippen LogP contribution is 2.22. The first-order valence-corrected chi connectivity index (χ1v) is 9.16. The molecule has 0 saturated carbocycles. The maximum Gasteiger partial charge on any atom is 0.338 e. The predicted molar refractivity (Wildman–Crippen MR) is 100 cm³/mol. The van der Waals surface area contributed by atoms with Gasteiger partial charge in [-0.05, 0) is 65.3 Å². The molecule has 0 aromatic heterocycles. The average molecular weight is 360 g/mol. The van der Waals surface area contributed by atoms with Gasteiger partial charge in [-0.2, -0.15) is 0 Å². The molecule has 1 saturated heterocycles. The number of anilines is 1. The maximum atomic E-state index is 12.6. The number of carbonyl (C=O) groups is 3. The summed E-state index contributed by atoms with van der Waals surface area (Å²) in [7, 11) is 0. The van der Waals surface area contributed by atoms with Crippen LogP contribution in [0.25, 0.3) is 0 Å². The molecule has 6 heteroatoms. The summed E-state index contributed by atoms with van der Waals surface area (Å²) in [6.07, 6.45) is 0.558. The molecule has 1 aromatic carbocycles. The van der Waals surface area contributed by atoms with Crippen molar-refractivity contribution in [3.05, 3.63) is 29.8 Å². The van der Waals surface area contributed by atoms with Crippen LogP contribution in [-0.4, -0.2) is 47.4 Å². The summed E-state index contributed by atoms with van der Waals surface area (Å²) in [6, 6.07) is 6.79. The van der Waals surface area contributed by atoms with Gasteiger partial charge in [0.1, 0.15) is 0 Å². The monoisotopic (exact) mass is 360 g/mol. The fourth-order valence-corrected chi connectivity index (χ4v) is 3.29. The number of hydrogen-bond donors (Lipinski definition) is 0. The lowest BCUT2D eigenvalue weighted by Crippen LogP contribution is -2.47. The molecule has 142 valence electrons. The van der Waals surface area contributed by atoms with Crippen molar-refractivity contribution in [1.29, 1.82) is 0 Å². The van der Waals surface area contributed by atoms with Gasteiger partial charge in [0.15, 0.2) is 6.10 Å². The summed E-state index contributed by atoms with van der Waals surface area (Å²) in [6.45, 7) is 10.0. The lowest BCUT2D eigenvalue weighted by atomic mass is 10.2. The fraction of sp³-hybridized carbons (Fsp3) is 0.550. The molecule has 1 aliphatic rings. The molecule has 0 N–H and O–H groups in total. The van der Waals surface area contributed by atoms with Gasteiger partial charge in [0.25, 0.3) is 5.91 Å². The molecular weight excluding hydrogens is 332 g/mol. The van der Waals surface area contributed by atoms with Gasteiger partial charge in [-0.25, -0.2) is 4.79 Å². The highest BCUT2D eigenvalue weighted by Gasteiger charge is 2.28. The second-order valence-electron chi connectivity index (χ2n) is 7.18. The van der Waals surface area contributed by atoms with Crippen LogP contribution in [0.15, 0.2) is 24.3 Å². The second-order valence-corrected chi connectivity index (χ2v) is 7.18. The van der Waals surface area contributed by atoms with E-state index in [-0.39, 0.29) is 23.9 Å². The molecule has 1 fully saturated rings. The van der Waals surface area contributed by atoms with Crippen molar-refractivity contribution in [2.75, 3.05) is 11.4 Å². The van der Waals surface area contributed by atoms with Crippen molar-refractivity contribution < 1.29 is 19.1 Å². The standard InChI is InChI=1S/C20H28N2O4/c1-13(2)22(14(3)4)19(24)15(5)26-20(25)16-8-10-17(11-9-16)21-12-6-7-18(21)23/h8-11,13-15H,6-7,12H2,1-5H3/t15-/m1/s1. The van der Waals surface area contributed by atoms with Crippen LogP contribution in [0.5, 0.6) is 0 Å². The Morgan fingerprint density at radius 1 is 1.04 bits per heavy atom. The summed E-state index contributed by atoms with van der Waals surface area (Å²) < 4.78 is 5.36. The number of esters is 1. The van der Waals surface area contributed by atoms with E-state index in [4.69, 9.17) is 4.74 Å². The lowest BCUT2D eigenvalue weighted by Gasteiger charge is -2.32. The van der Waals surface area contributed by atoms with Crippen molar-refractivity contribution in [3.8, 4) is 0 Å². The Morgan fingerprint density at radius 3 is 2.08 bits per heavy atom. The molecule has 6 nitrogen and oxygen atoms in total. The first-order chi connectivity index (χ1) is 12.2. The van der Waals surface area contributed by atoms with E-state index in [1.807, 2.05) is 27.7 Å². The number of amides is 2. The van der Waals surface area contributed by atoms with Gasteiger partial charge in [0.2, 0.25) is 5.91 Å². The molecule has 2 amide bonds. The summed E-state index contributed by atoms with van der Waals surface area (Å²) in [5, 5.41) is 0. The Hall–Kier alpha value is -2.37. The van der Waals surface area contributed by atoms with Gasteiger partial charge in [0, 0.05) is 30.7 Å². The molecule has 26 heavy (non-hydrogen) atoms. The van der Waals surface area contributed by atoms with Gasteiger partial charge in [-0.3, -0.25) is 9.59 Å². The summed E-state index contributed by atoms with van der Waals surface area (Å²) >= 11 is 0. The smallest absolute Gasteiger partial charge is 0.338 e. The van der Waals surface area contributed by atoms with Crippen molar-refractivity contribution in [3.63, 3.8) is 0 Å². The van der Waals surface area contributed by atoms with E-state index in [1.54, 1.807) is 41.0 Å². The predicted octanol–water partition coefficient (Wildman–Crippen LogP) is 3.00. The maximum absolute atomic E-state index is 12.6.